The van der Waals surface area contributed by atoms with Crippen LogP contribution in [0.5, 0.6) is 5.75 Å². The second-order valence-corrected chi connectivity index (χ2v) is 6.02. The number of aliphatic hydroxyl groups is 1. The maximum Gasteiger partial charge on any atom is 0.123 e. The maximum absolute atomic E-state index is 9.55. The van der Waals surface area contributed by atoms with Gasteiger partial charge in [0.05, 0.1) is 12.7 Å². The zero-order chi connectivity index (χ0) is 13.7. The van der Waals surface area contributed by atoms with Crippen LogP contribution in [0.15, 0.2) is 22.7 Å². The average Bonchev–Trinajstić information content (AvgIpc) is 2.40. The Morgan fingerprint density at radius 3 is 2.79 bits per heavy atom. The van der Waals surface area contributed by atoms with Crippen LogP contribution in [0, 0.1) is 0 Å². The topological polar surface area (TPSA) is 32.7 Å². The Bertz CT molecular complexity index is 403. The third kappa shape index (κ3) is 4.48. The lowest BCUT2D eigenvalue weighted by Gasteiger charge is -2.30. The molecular weight excluding hydrogens is 306 g/mol. The summed E-state index contributed by atoms with van der Waals surface area (Å²) in [7, 11) is 0. The largest absolute Gasteiger partial charge is 0.493 e. The molecule has 0 aliphatic carbocycles. The molecule has 0 atom stereocenters. The van der Waals surface area contributed by atoms with Crippen LogP contribution in [0.3, 0.4) is 0 Å². The number of piperidine rings is 1. The molecule has 0 bridgehead atoms. The van der Waals surface area contributed by atoms with E-state index in [4.69, 9.17) is 4.74 Å². The molecule has 106 valence electrons. The van der Waals surface area contributed by atoms with Gasteiger partial charge in [-0.05, 0) is 37.5 Å². The number of hydrogen-bond donors (Lipinski definition) is 1. The number of ether oxygens (including phenoxy) is 1. The van der Waals surface area contributed by atoms with E-state index >= 15 is 0 Å². The van der Waals surface area contributed by atoms with E-state index in [0.717, 1.165) is 55.7 Å². The highest BCUT2D eigenvalue weighted by Gasteiger charge is 2.18. The van der Waals surface area contributed by atoms with E-state index in [1.165, 1.54) is 5.56 Å². The van der Waals surface area contributed by atoms with Crippen LogP contribution in [-0.2, 0) is 6.54 Å². The lowest BCUT2D eigenvalue weighted by molar-refractivity contribution is 0.0788. The fraction of sp³-hybridized carbons (Fsp3) is 0.600. The first kappa shape index (κ1) is 14.8. The number of rotatable bonds is 5. The van der Waals surface area contributed by atoms with E-state index in [9.17, 15) is 5.11 Å². The summed E-state index contributed by atoms with van der Waals surface area (Å²) in [6.07, 6.45) is 2.65. The predicted molar refractivity (Wildman–Crippen MR) is 80.4 cm³/mol. The summed E-state index contributed by atoms with van der Waals surface area (Å²) < 4.78 is 6.89. The Morgan fingerprint density at radius 2 is 2.11 bits per heavy atom. The lowest BCUT2D eigenvalue weighted by Crippen LogP contribution is -2.35. The third-order valence-corrected chi connectivity index (χ3v) is 3.93. The van der Waals surface area contributed by atoms with Crippen molar-refractivity contribution in [1.82, 2.24) is 4.90 Å². The smallest absolute Gasteiger partial charge is 0.123 e. The number of hydrogen-bond acceptors (Lipinski definition) is 3. The summed E-state index contributed by atoms with van der Waals surface area (Å²) in [6.45, 7) is 5.69. The molecule has 0 saturated carbocycles. The van der Waals surface area contributed by atoms with E-state index < -0.39 is 0 Å². The zero-order valence-electron chi connectivity index (χ0n) is 11.4. The minimum Gasteiger partial charge on any atom is -0.493 e. The second-order valence-electron chi connectivity index (χ2n) is 5.11. The normalized spacial score (nSPS) is 17.6. The summed E-state index contributed by atoms with van der Waals surface area (Å²) in [6, 6.07) is 6.19. The fourth-order valence-corrected chi connectivity index (χ4v) is 2.75. The Labute approximate surface area is 123 Å². The van der Waals surface area contributed by atoms with Crippen molar-refractivity contribution in [3.63, 3.8) is 0 Å². The second kappa shape index (κ2) is 7.27. The summed E-state index contributed by atoms with van der Waals surface area (Å²) in [5.74, 6) is 0.983. The summed E-state index contributed by atoms with van der Waals surface area (Å²) >= 11 is 3.52. The molecule has 1 aliphatic rings. The van der Waals surface area contributed by atoms with E-state index in [2.05, 4.69) is 33.8 Å². The lowest BCUT2D eigenvalue weighted by atomic mass is 10.1. The van der Waals surface area contributed by atoms with Gasteiger partial charge in [-0.3, -0.25) is 4.90 Å². The molecule has 19 heavy (non-hydrogen) atoms. The first-order valence-corrected chi connectivity index (χ1v) is 7.80. The highest BCUT2D eigenvalue weighted by molar-refractivity contribution is 9.10. The Morgan fingerprint density at radius 1 is 1.37 bits per heavy atom. The molecule has 1 N–H and O–H groups in total. The molecule has 0 spiro atoms. The van der Waals surface area contributed by atoms with Gasteiger partial charge < -0.3 is 9.84 Å². The summed E-state index contributed by atoms with van der Waals surface area (Å²) in [4.78, 5) is 2.38. The van der Waals surface area contributed by atoms with Crippen LogP contribution in [0.25, 0.3) is 0 Å². The fourth-order valence-electron chi connectivity index (χ4n) is 2.34. The monoisotopic (exact) mass is 327 g/mol. The van der Waals surface area contributed by atoms with Gasteiger partial charge in [-0.15, -0.1) is 0 Å². The first-order valence-electron chi connectivity index (χ1n) is 7.00. The van der Waals surface area contributed by atoms with E-state index in [0.29, 0.717) is 0 Å². The van der Waals surface area contributed by atoms with E-state index in [1.54, 1.807) is 0 Å². The van der Waals surface area contributed by atoms with Crippen LogP contribution in [-0.4, -0.2) is 35.8 Å². The molecule has 1 aromatic carbocycles. The molecule has 1 aromatic rings. The van der Waals surface area contributed by atoms with E-state index in [-0.39, 0.29) is 6.10 Å². The molecule has 4 heteroatoms. The molecule has 0 amide bonds. The zero-order valence-corrected chi connectivity index (χ0v) is 13.0. The molecule has 1 aliphatic heterocycles. The Balaban J connectivity index is 2.02. The van der Waals surface area contributed by atoms with Crippen molar-refractivity contribution in [2.75, 3.05) is 19.7 Å². The molecule has 0 radical (unpaired) electrons. The standard InChI is InChI=1S/C15H22BrNO2/c1-2-9-19-15-4-3-13(16)10-12(15)11-17-7-5-14(18)6-8-17/h3-4,10,14,18H,2,5-9,11H2,1H3. The van der Waals surface area contributed by atoms with Crippen LogP contribution in [0.1, 0.15) is 31.7 Å². The van der Waals surface area contributed by atoms with Crippen LogP contribution >= 0.6 is 15.9 Å². The van der Waals surface area contributed by atoms with Gasteiger partial charge in [-0.1, -0.05) is 22.9 Å². The van der Waals surface area contributed by atoms with Gasteiger partial charge in [-0.2, -0.15) is 0 Å². The third-order valence-electron chi connectivity index (χ3n) is 3.44. The molecular formula is C15H22BrNO2. The number of benzene rings is 1. The van der Waals surface area contributed by atoms with Crippen LogP contribution in [0.4, 0.5) is 0 Å². The van der Waals surface area contributed by atoms with Crippen molar-refractivity contribution < 1.29 is 9.84 Å². The van der Waals surface area contributed by atoms with Gasteiger partial charge in [0.1, 0.15) is 5.75 Å². The molecule has 0 aromatic heterocycles. The first-order chi connectivity index (χ1) is 9.19. The van der Waals surface area contributed by atoms with Crippen molar-refractivity contribution in [3.05, 3.63) is 28.2 Å². The van der Waals surface area contributed by atoms with Crippen molar-refractivity contribution in [2.24, 2.45) is 0 Å². The van der Waals surface area contributed by atoms with Gasteiger partial charge in [0.2, 0.25) is 0 Å². The minimum atomic E-state index is -0.116. The van der Waals surface area contributed by atoms with Gasteiger partial charge in [0, 0.05) is 29.7 Å². The van der Waals surface area contributed by atoms with E-state index in [1.807, 2.05) is 12.1 Å². The highest BCUT2D eigenvalue weighted by atomic mass is 79.9. The Kier molecular flexibility index (Phi) is 5.67. The molecule has 0 unspecified atom stereocenters. The Hall–Kier alpha value is -0.580. The molecule has 3 nitrogen and oxygen atoms in total. The van der Waals surface area contributed by atoms with Crippen LogP contribution < -0.4 is 4.74 Å². The number of nitrogens with zero attached hydrogens (tertiary/aromatic N) is 1. The SMILES string of the molecule is CCCOc1ccc(Br)cc1CN1CCC(O)CC1. The highest BCUT2D eigenvalue weighted by Crippen LogP contribution is 2.26. The van der Waals surface area contributed by atoms with Gasteiger partial charge >= 0.3 is 0 Å². The summed E-state index contributed by atoms with van der Waals surface area (Å²) in [5.41, 5.74) is 1.22. The number of likely N-dealkylation sites (tertiary alicyclic amines) is 1. The van der Waals surface area contributed by atoms with Gasteiger partial charge in [0.25, 0.3) is 0 Å². The molecule has 1 fully saturated rings. The molecule has 2 rings (SSSR count). The van der Waals surface area contributed by atoms with Gasteiger partial charge in [-0.25, -0.2) is 0 Å². The van der Waals surface area contributed by atoms with Crippen LogP contribution in [0.2, 0.25) is 0 Å². The van der Waals surface area contributed by atoms with Crippen molar-refractivity contribution >= 4 is 15.9 Å². The maximum atomic E-state index is 9.55. The molecule has 1 heterocycles. The quantitative estimate of drug-likeness (QED) is 0.901. The minimum absolute atomic E-state index is 0.116. The van der Waals surface area contributed by atoms with Gasteiger partial charge in [0.15, 0.2) is 0 Å². The van der Waals surface area contributed by atoms with Crippen molar-refractivity contribution in [2.45, 2.75) is 38.8 Å². The predicted octanol–water partition coefficient (Wildman–Crippen LogP) is 3.19. The van der Waals surface area contributed by atoms with Crippen molar-refractivity contribution in [1.29, 1.82) is 0 Å². The average molecular weight is 328 g/mol. The summed E-state index contributed by atoms with van der Waals surface area (Å²) in [5, 5.41) is 9.55. The number of halogens is 1. The molecule has 1 saturated heterocycles. The van der Waals surface area contributed by atoms with Crippen molar-refractivity contribution in [3.8, 4) is 5.75 Å². The number of aliphatic hydroxyl groups excluding tert-OH is 1.